The van der Waals surface area contributed by atoms with Gasteiger partial charge in [0.25, 0.3) is 5.91 Å². The van der Waals surface area contributed by atoms with Crippen molar-refractivity contribution >= 4 is 23.2 Å². The number of benzene rings is 2. The van der Waals surface area contributed by atoms with Gasteiger partial charge >= 0.3 is 0 Å². The molecule has 0 aliphatic carbocycles. The van der Waals surface area contributed by atoms with Crippen LogP contribution < -0.4 is 5.32 Å². The van der Waals surface area contributed by atoms with Crippen molar-refractivity contribution in [2.45, 2.75) is 39.7 Å². The molecule has 2 N–H and O–H groups in total. The quantitative estimate of drug-likeness (QED) is 0.532. The molecular formula is C25H34N4O3. The first kappa shape index (κ1) is 23.8. The van der Waals surface area contributed by atoms with Crippen molar-refractivity contribution in [1.29, 1.82) is 0 Å². The van der Waals surface area contributed by atoms with Gasteiger partial charge < -0.3 is 10.2 Å². The van der Waals surface area contributed by atoms with E-state index in [1.165, 1.54) is 5.56 Å². The predicted octanol–water partition coefficient (Wildman–Crippen LogP) is 3.61. The lowest BCUT2D eigenvalue weighted by atomic mass is 9.87. The fourth-order valence-corrected chi connectivity index (χ4v) is 3.67. The standard InChI is InChI=1S/C25H34N4O3/c1-19(30)28-15-13-27(14-16-28)18-24(31)29(32)17-20-5-9-22(10-6-20)26-23-11-7-21(8-12-23)25(2,3)4/h5-12,26,32H,13-18H2,1-4H3. The molecule has 2 aromatic carbocycles. The van der Waals surface area contributed by atoms with Gasteiger partial charge in [-0.3, -0.25) is 19.7 Å². The summed E-state index contributed by atoms with van der Waals surface area (Å²) in [7, 11) is 0. The van der Waals surface area contributed by atoms with Gasteiger partial charge in [0.2, 0.25) is 5.91 Å². The van der Waals surface area contributed by atoms with Gasteiger partial charge in [0.05, 0.1) is 13.1 Å². The third-order valence-corrected chi connectivity index (χ3v) is 5.79. The van der Waals surface area contributed by atoms with E-state index in [1.807, 2.05) is 29.2 Å². The van der Waals surface area contributed by atoms with Crippen molar-refractivity contribution in [3.63, 3.8) is 0 Å². The number of carbonyl (C=O) groups is 2. The highest BCUT2D eigenvalue weighted by molar-refractivity contribution is 5.77. The molecular weight excluding hydrogens is 404 g/mol. The lowest BCUT2D eigenvalue weighted by Gasteiger charge is -2.34. The number of carbonyl (C=O) groups excluding carboxylic acids is 2. The smallest absolute Gasteiger partial charge is 0.260 e. The molecule has 0 radical (unpaired) electrons. The Morgan fingerprint density at radius 1 is 0.938 bits per heavy atom. The van der Waals surface area contributed by atoms with Crippen LogP contribution in [0.2, 0.25) is 0 Å². The van der Waals surface area contributed by atoms with E-state index in [2.05, 4.69) is 50.4 Å². The van der Waals surface area contributed by atoms with Gasteiger partial charge in [-0.25, -0.2) is 5.06 Å². The highest BCUT2D eigenvalue weighted by Crippen LogP contribution is 2.25. The van der Waals surface area contributed by atoms with Crippen LogP contribution in [0.25, 0.3) is 0 Å². The zero-order valence-corrected chi connectivity index (χ0v) is 19.5. The van der Waals surface area contributed by atoms with Crippen LogP contribution in [0.3, 0.4) is 0 Å². The third-order valence-electron chi connectivity index (χ3n) is 5.79. The molecule has 172 valence electrons. The van der Waals surface area contributed by atoms with Crippen LogP contribution in [-0.2, 0) is 21.5 Å². The van der Waals surface area contributed by atoms with Crippen LogP contribution in [0.5, 0.6) is 0 Å². The Morgan fingerprint density at radius 3 is 1.97 bits per heavy atom. The largest absolute Gasteiger partial charge is 0.356 e. The first-order chi connectivity index (χ1) is 15.1. The van der Waals surface area contributed by atoms with E-state index in [4.69, 9.17) is 0 Å². The lowest BCUT2D eigenvalue weighted by molar-refractivity contribution is -0.169. The number of hydrogen-bond acceptors (Lipinski definition) is 5. The van der Waals surface area contributed by atoms with Crippen LogP contribution in [-0.4, -0.2) is 64.6 Å². The van der Waals surface area contributed by atoms with Gasteiger partial charge in [-0.1, -0.05) is 45.0 Å². The molecule has 0 atom stereocenters. The second-order valence-electron chi connectivity index (χ2n) is 9.38. The van der Waals surface area contributed by atoms with E-state index >= 15 is 0 Å². The molecule has 0 saturated carbocycles. The van der Waals surface area contributed by atoms with Crippen molar-refractivity contribution in [3.8, 4) is 0 Å². The van der Waals surface area contributed by atoms with Crippen LogP contribution >= 0.6 is 0 Å². The van der Waals surface area contributed by atoms with E-state index in [0.717, 1.165) is 22.0 Å². The molecule has 32 heavy (non-hydrogen) atoms. The average molecular weight is 439 g/mol. The van der Waals surface area contributed by atoms with Gasteiger partial charge in [-0.15, -0.1) is 0 Å². The van der Waals surface area contributed by atoms with Gasteiger partial charge in [0, 0.05) is 44.5 Å². The Balaban J connectivity index is 1.48. The van der Waals surface area contributed by atoms with E-state index < -0.39 is 0 Å². The monoisotopic (exact) mass is 438 g/mol. The van der Waals surface area contributed by atoms with Crippen molar-refractivity contribution in [2.75, 3.05) is 38.0 Å². The summed E-state index contributed by atoms with van der Waals surface area (Å²) < 4.78 is 0. The van der Waals surface area contributed by atoms with E-state index in [-0.39, 0.29) is 30.3 Å². The fourth-order valence-electron chi connectivity index (χ4n) is 3.67. The topological polar surface area (TPSA) is 76.1 Å². The van der Waals surface area contributed by atoms with Crippen LogP contribution in [0.15, 0.2) is 48.5 Å². The minimum absolute atomic E-state index is 0.0552. The molecule has 0 bridgehead atoms. The summed E-state index contributed by atoms with van der Waals surface area (Å²) in [4.78, 5) is 27.5. The highest BCUT2D eigenvalue weighted by atomic mass is 16.5. The Hall–Kier alpha value is -2.90. The number of hydrogen-bond donors (Lipinski definition) is 2. The highest BCUT2D eigenvalue weighted by Gasteiger charge is 2.22. The van der Waals surface area contributed by atoms with Crippen molar-refractivity contribution < 1.29 is 14.8 Å². The summed E-state index contributed by atoms with van der Waals surface area (Å²) >= 11 is 0. The number of amides is 2. The number of anilines is 2. The maximum atomic E-state index is 12.4. The zero-order valence-electron chi connectivity index (χ0n) is 19.5. The Bertz CT molecular complexity index is 912. The number of nitrogens with zero attached hydrogens (tertiary/aromatic N) is 3. The summed E-state index contributed by atoms with van der Waals surface area (Å²) in [5.41, 5.74) is 4.20. The molecule has 7 nitrogen and oxygen atoms in total. The van der Waals surface area contributed by atoms with E-state index in [9.17, 15) is 14.8 Å². The number of piperazine rings is 1. The van der Waals surface area contributed by atoms with Gasteiger partial charge in [-0.2, -0.15) is 0 Å². The lowest BCUT2D eigenvalue weighted by Crippen LogP contribution is -2.50. The molecule has 1 saturated heterocycles. The molecule has 0 spiro atoms. The molecule has 7 heteroatoms. The molecule has 0 aromatic heterocycles. The Labute approximate surface area is 190 Å². The predicted molar refractivity (Wildman–Crippen MR) is 126 cm³/mol. The van der Waals surface area contributed by atoms with Crippen LogP contribution in [0.4, 0.5) is 11.4 Å². The molecule has 1 aliphatic rings. The Kier molecular flexibility index (Phi) is 7.53. The maximum Gasteiger partial charge on any atom is 0.260 e. The molecule has 3 rings (SSSR count). The molecule has 1 aliphatic heterocycles. The van der Waals surface area contributed by atoms with Crippen molar-refractivity contribution in [3.05, 3.63) is 59.7 Å². The average Bonchev–Trinajstić information content (AvgIpc) is 2.75. The van der Waals surface area contributed by atoms with Gasteiger partial charge in [-0.05, 0) is 40.8 Å². The van der Waals surface area contributed by atoms with E-state index in [1.54, 1.807) is 11.8 Å². The molecule has 2 amide bonds. The maximum absolute atomic E-state index is 12.4. The number of nitrogens with one attached hydrogen (secondary N) is 1. The number of hydroxylamine groups is 2. The van der Waals surface area contributed by atoms with Gasteiger partial charge in [0.1, 0.15) is 0 Å². The molecule has 1 fully saturated rings. The first-order valence-corrected chi connectivity index (χ1v) is 11.1. The number of rotatable bonds is 6. The fraction of sp³-hybridized carbons (Fsp3) is 0.440. The van der Waals surface area contributed by atoms with Gasteiger partial charge in [0.15, 0.2) is 0 Å². The van der Waals surface area contributed by atoms with E-state index in [0.29, 0.717) is 26.2 Å². The Morgan fingerprint density at radius 2 is 1.47 bits per heavy atom. The minimum Gasteiger partial charge on any atom is -0.356 e. The minimum atomic E-state index is -0.345. The second-order valence-corrected chi connectivity index (χ2v) is 9.38. The molecule has 0 unspecified atom stereocenters. The summed E-state index contributed by atoms with van der Waals surface area (Å²) in [6, 6.07) is 16.1. The first-order valence-electron chi connectivity index (χ1n) is 11.1. The summed E-state index contributed by atoms with van der Waals surface area (Å²) in [6.07, 6.45) is 0. The normalized spacial score (nSPS) is 14.8. The van der Waals surface area contributed by atoms with Crippen molar-refractivity contribution in [1.82, 2.24) is 14.9 Å². The summed E-state index contributed by atoms with van der Waals surface area (Å²) in [5, 5.41) is 14.4. The summed E-state index contributed by atoms with van der Waals surface area (Å²) in [5.74, 6) is -0.290. The molecule has 1 heterocycles. The van der Waals surface area contributed by atoms with Crippen molar-refractivity contribution in [2.24, 2.45) is 0 Å². The summed E-state index contributed by atoms with van der Waals surface area (Å²) in [6.45, 7) is 10.9. The van der Waals surface area contributed by atoms with Crippen LogP contribution in [0.1, 0.15) is 38.8 Å². The second kappa shape index (κ2) is 10.1. The SMILES string of the molecule is CC(=O)N1CCN(CC(=O)N(O)Cc2ccc(Nc3ccc(C(C)(C)C)cc3)cc2)CC1. The zero-order chi connectivity index (χ0) is 23.3. The third kappa shape index (κ3) is 6.55. The molecule has 2 aromatic rings. The van der Waals surface area contributed by atoms with Crippen LogP contribution in [0, 0.1) is 0 Å².